The zero-order valence-corrected chi connectivity index (χ0v) is 17.6. The second-order valence-electron chi connectivity index (χ2n) is 7.23. The van der Waals surface area contributed by atoms with Gasteiger partial charge in [0.1, 0.15) is 23.8 Å². The molecule has 0 bridgehead atoms. The van der Waals surface area contributed by atoms with E-state index in [9.17, 15) is 14.0 Å². The van der Waals surface area contributed by atoms with E-state index in [1.54, 1.807) is 36.4 Å². The van der Waals surface area contributed by atoms with Crippen molar-refractivity contribution < 1.29 is 18.7 Å². The van der Waals surface area contributed by atoms with Gasteiger partial charge in [0, 0.05) is 30.7 Å². The van der Waals surface area contributed by atoms with Crippen molar-refractivity contribution in [3.63, 3.8) is 0 Å². The van der Waals surface area contributed by atoms with Gasteiger partial charge in [0.05, 0.1) is 12.2 Å². The largest absolute Gasteiger partial charge is 0.487 e. The number of hydrogen-bond donors (Lipinski definition) is 3. The number of carbonyl (C=O) groups is 2. The van der Waals surface area contributed by atoms with Crippen LogP contribution in [0.15, 0.2) is 79.1 Å². The summed E-state index contributed by atoms with van der Waals surface area (Å²) in [6.45, 7) is 0.301. The van der Waals surface area contributed by atoms with Gasteiger partial charge in [-0.05, 0) is 42.0 Å². The number of urea groups is 1. The van der Waals surface area contributed by atoms with E-state index in [1.807, 2.05) is 35.0 Å². The van der Waals surface area contributed by atoms with Crippen molar-refractivity contribution >= 4 is 23.3 Å². The number of ether oxygens (including phenoxy) is 1. The van der Waals surface area contributed by atoms with Gasteiger partial charge in [-0.1, -0.05) is 24.3 Å². The number of benzene rings is 2. The molecule has 2 aromatic carbocycles. The van der Waals surface area contributed by atoms with Crippen LogP contribution in [0.25, 0.3) is 5.65 Å². The highest BCUT2D eigenvalue weighted by Crippen LogP contribution is 2.18. The molecule has 4 aromatic rings. The van der Waals surface area contributed by atoms with Gasteiger partial charge in [-0.25, -0.2) is 14.2 Å². The number of carbonyl (C=O) groups excluding carboxylic acids is 2. The predicted molar refractivity (Wildman–Crippen MR) is 121 cm³/mol. The van der Waals surface area contributed by atoms with E-state index in [0.29, 0.717) is 11.4 Å². The molecule has 9 heteroatoms. The van der Waals surface area contributed by atoms with Crippen LogP contribution in [0.4, 0.5) is 14.9 Å². The molecule has 33 heavy (non-hydrogen) atoms. The molecule has 0 unspecified atom stereocenters. The molecule has 0 atom stereocenters. The molecule has 0 aliphatic carbocycles. The summed E-state index contributed by atoms with van der Waals surface area (Å²) >= 11 is 0. The second-order valence-corrected chi connectivity index (χ2v) is 7.23. The van der Waals surface area contributed by atoms with Gasteiger partial charge in [-0.2, -0.15) is 0 Å². The number of hydrogen-bond acceptors (Lipinski definition) is 4. The SMILES string of the molecule is O=C(CNC(=O)NCc1ccc(F)cc1)Nc1cccc(OCc2cn3ccccc3n2)c1. The molecule has 0 fully saturated rings. The van der Waals surface area contributed by atoms with Crippen LogP contribution >= 0.6 is 0 Å². The van der Waals surface area contributed by atoms with E-state index in [4.69, 9.17) is 4.74 Å². The first-order chi connectivity index (χ1) is 16.0. The van der Waals surface area contributed by atoms with E-state index in [-0.39, 0.29) is 31.4 Å². The molecule has 2 heterocycles. The van der Waals surface area contributed by atoms with E-state index in [2.05, 4.69) is 20.9 Å². The molecule has 3 N–H and O–H groups in total. The number of halogens is 1. The Labute approximate surface area is 189 Å². The molecule has 0 saturated heterocycles. The van der Waals surface area contributed by atoms with E-state index in [1.165, 1.54) is 12.1 Å². The first-order valence-electron chi connectivity index (χ1n) is 10.3. The number of fused-ring (bicyclic) bond motifs is 1. The average Bonchev–Trinajstić information content (AvgIpc) is 3.24. The van der Waals surface area contributed by atoms with Gasteiger partial charge in [0.2, 0.25) is 5.91 Å². The van der Waals surface area contributed by atoms with Crippen molar-refractivity contribution in [2.75, 3.05) is 11.9 Å². The fourth-order valence-electron chi connectivity index (χ4n) is 3.09. The van der Waals surface area contributed by atoms with Crippen molar-refractivity contribution in [2.45, 2.75) is 13.2 Å². The van der Waals surface area contributed by atoms with Crippen LogP contribution in [0.3, 0.4) is 0 Å². The Bertz CT molecular complexity index is 1220. The topological polar surface area (TPSA) is 96.8 Å². The standard InChI is InChI=1S/C24H22FN5O3/c25-18-9-7-17(8-10-18)13-26-24(32)27-14-23(31)29-19-4-3-5-21(12-19)33-16-20-15-30-11-2-1-6-22(30)28-20/h1-12,15H,13-14,16H2,(H,29,31)(H2,26,27,32). The Hall–Kier alpha value is -4.40. The fourth-order valence-corrected chi connectivity index (χ4v) is 3.09. The highest BCUT2D eigenvalue weighted by atomic mass is 19.1. The Morgan fingerprint density at radius 2 is 1.85 bits per heavy atom. The summed E-state index contributed by atoms with van der Waals surface area (Å²) in [5, 5.41) is 7.80. The summed E-state index contributed by atoms with van der Waals surface area (Å²) in [6.07, 6.45) is 3.81. The van der Waals surface area contributed by atoms with Crippen LogP contribution in [0.1, 0.15) is 11.3 Å². The lowest BCUT2D eigenvalue weighted by Crippen LogP contribution is -2.39. The molecule has 168 valence electrons. The fraction of sp³-hybridized carbons (Fsp3) is 0.125. The molecule has 0 saturated carbocycles. The first-order valence-corrected chi connectivity index (χ1v) is 10.3. The summed E-state index contributed by atoms with van der Waals surface area (Å²) in [6, 6.07) is 18.0. The van der Waals surface area contributed by atoms with Crippen LogP contribution in [-0.2, 0) is 17.9 Å². The number of rotatable bonds is 8. The van der Waals surface area contributed by atoms with Gasteiger partial charge in [0.15, 0.2) is 0 Å². The minimum absolute atomic E-state index is 0.207. The highest BCUT2D eigenvalue weighted by molar-refractivity contribution is 5.94. The molecule has 4 rings (SSSR count). The maximum atomic E-state index is 12.9. The maximum absolute atomic E-state index is 12.9. The zero-order chi connectivity index (χ0) is 23.0. The van der Waals surface area contributed by atoms with Crippen molar-refractivity contribution in [3.05, 3.63) is 96.2 Å². The average molecular weight is 447 g/mol. The van der Waals surface area contributed by atoms with Gasteiger partial charge < -0.3 is 25.1 Å². The van der Waals surface area contributed by atoms with Gasteiger partial charge in [-0.3, -0.25) is 4.79 Å². The van der Waals surface area contributed by atoms with Crippen LogP contribution in [0.5, 0.6) is 5.75 Å². The Morgan fingerprint density at radius 3 is 2.67 bits per heavy atom. The number of amides is 3. The van der Waals surface area contributed by atoms with Crippen LogP contribution in [0, 0.1) is 5.82 Å². The first kappa shape index (κ1) is 21.8. The summed E-state index contributed by atoms with van der Waals surface area (Å²) in [4.78, 5) is 28.5. The predicted octanol–water partition coefficient (Wildman–Crippen LogP) is 3.49. The van der Waals surface area contributed by atoms with Gasteiger partial charge in [-0.15, -0.1) is 0 Å². The second kappa shape index (κ2) is 10.3. The number of anilines is 1. The van der Waals surface area contributed by atoms with Crippen molar-refractivity contribution in [1.82, 2.24) is 20.0 Å². The number of imidazole rings is 1. The number of nitrogens with zero attached hydrogens (tertiary/aromatic N) is 2. The summed E-state index contributed by atoms with van der Waals surface area (Å²) < 4.78 is 20.6. The zero-order valence-electron chi connectivity index (χ0n) is 17.6. The molecule has 0 aliphatic rings. The lowest BCUT2D eigenvalue weighted by atomic mass is 10.2. The summed E-state index contributed by atoms with van der Waals surface area (Å²) in [5.74, 6) is -0.149. The van der Waals surface area contributed by atoms with Gasteiger partial charge >= 0.3 is 6.03 Å². The van der Waals surface area contributed by atoms with Crippen molar-refractivity contribution in [3.8, 4) is 5.75 Å². The molecule has 8 nitrogen and oxygen atoms in total. The third kappa shape index (κ3) is 6.30. The Kier molecular flexibility index (Phi) is 6.79. The molecule has 0 spiro atoms. The molecular formula is C24H22FN5O3. The molecule has 2 aromatic heterocycles. The Morgan fingerprint density at radius 1 is 1.00 bits per heavy atom. The quantitative estimate of drug-likeness (QED) is 0.385. The minimum atomic E-state index is -0.501. The highest BCUT2D eigenvalue weighted by Gasteiger charge is 2.07. The van der Waals surface area contributed by atoms with Crippen molar-refractivity contribution in [1.29, 1.82) is 0 Å². The summed E-state index contributed by atoms with van der Waals surface area (Å²) in [7, 11) is 0. The van der Waals surface area contributed by atoms with Crippen LogP contribution in [-0.4, -0.2) is 27.9 Å². The third-order valence-electron chi connectivity index (χ3n) is 4.69. The molecule has 0 radical (unpaired) electrons. The van der Waals surface area contributed by atoms with Gasteiger partial charge in [0.25, 0.3) is 0 Å². The molecule has 3 amide bonds. The van der Waals surface area contributed by atoms with Crippen LogP contribution in [0.2, 0.25) is 0 Å². The Balaban J connectivity index is 1.22. The number of nitrogens with one attached hydrogen (secondary N) is 3. The van der Waals surface area contributed by atoms with Crippen LogP contribution < -0.4 is 20.7 Å². The normalized spacial score (nSPS) is 10.6. The lowest BCUT2D eigenvalue weighted by Gasteiger charge is -2.10. The number of aromatic nitrogens is 2. The minimum Gasteiger partial charge on any atom is -0.487 e. The monoisotopic (exact) mass is 447 g/mol. The maximum Gasteiger partial charge on any atom is 0.315 e. The molecular weight excluding hydrogens is 425 g/mol. The van der Waals surface area contributed by atoms with E-state index < -0.39 is 6.03 Å². The van der Waals surface area contributed by atoms with Crippen molar-refractivity contribution in [2.24, 2.45) is 0 Å². The van der Waals surface area contributed by atoms with E-state index >= 15 is 0 Å². The lowest BCUT2D eigenvalue weighted by molar-refractivity contribution is -0.115. The smallest absolute Gasteiger partial charge is 0.315 e. The van der Waals surface area contributed by atoms with E-state index in [0.717, 1.165) is 16.9 Å². The summed E-state index contributed by atoms with van der Waals surface area (Å²) in [5.41, 5.74) is 2.91. The number of pyridine rings is 1. The molecule has 0 aliphatic heterocycles. The third-order valence-corrected chi connectivity index (χ3v) is 4.69.